The van der Waals surface area contributed by atoms with E-state index in [9.17, 15) is 0 Å². The number of hydrogen-bond acceptors (Lipinski definition) is 2. The van der Waals surface area contributed by atoms with Gasteiger partial charge in [-0.3, -0.25) is 0 Å². The first-order valence-electron chi connectivity index (χ1n) is 5.18. The molecular formula is C11H19N3. The highest BCUT2D eigenvalue weighted by Crippen LogP contribution is 2.17. The summed E-state index contributed by atoms with van der Waals surface area (Å²) in [6, 6.07) is 0.290. The van der Waals surface area contributed by atoms with E-state index in [4.69, 9.17) is 0 Å². The van der Waals surface area contributed by atoms with E-state index in [-0.39, 0.29) is 0 Å². The Balaban J connectivity index is 0.000000461. The highest BCUT2D eigenvalue weighted by atomic mass is 15.0. The monoisotopic (exact) mass is 193 g/mol. The third kappa shape index (κ3) is 2.45. The standard InChI is InChI=1S/C9H13N3.C2H6/c1-6-3-8(10-4-6)9-11-5-7(2)12-9;1-2/h3,5,8,10H,4H2,1-2H3,(H,11,12);1-2H3. The number of hydrogen-bond donors (Lipinski definition) is 2. The Morgan fingerprint density at radius 3 is 2.50 bits per heavy atom. The molecule has 0 fully saturated rings. The van der Waals surface area contributed by atoms with Gasteiger partial charge in [0.05, 0.1) is 6.04 Å². The Hall–Kier alpha value is -1.09. The van der Waals surface area contributed by atoms with Gasteiger partial charge in [-0.25, -0.2) is 4.98 Å². The molecule has 0 aromatic carbocycles. The van der Waals surface area contributed by atoms with Crippen LogP contribution in [-0.2, 0) is 0 Å². The fourth-order valence-electron chi connectivity index (χ4n) is 1.44. The molecule has 1 atom stereocenters. The second kappa shape index (κ2) is 4.96. The van der Waals surface area contributed by atoms with Crippen molar-refractivity contribution in [3.8, 4) is 0 Å². The molecule has 0 saturated carbocycles. The van der Waals surface area contributed by atoms with E-state index >= 15 is 0 Å². The second-order valence-corrected chi connectivity index (χ2v) is 3.32. The van der Waals surface area contributed by atoms with Crippen LogP contribution in [0.1, 0.15) is 38.3 Å². The molecule has 0 aliphatic carbocycles. The second-order valence-electron chi connectivity index (χ2n) is 3.32. The van der Waals surface area contributed by atoms with Gasteiger partial charge < -0.3 is 10.3 Å². The molecule has 1 aromatic heterocycles. The molecule has 2 rings (SSSR count). The van der Waals surface area contributed by atoms with Gasteiger partial charge in [-0.1, -0.05) is 25.5 Å². The van der Waals surface area contributed by atoms with Crippen LogP contribution in [-0.4, -0.2) is 16.5 Å². The summed E-state index contributed by atoms with van der Waals surface area (Å²) < 4.78 is 0. The van der Waals surface area contributed by atoms with Crippen LogP contribution in [0, 0.1) is 6.92 Å². The van der Waals surface area contributed by atoms with Crippen molar-refractivity contribution in [3.05, 3.63) is 29.4 Å². The Kier molecular flexibility index (Phi) is 3.89. The van der Waals surface area contributed by atoms with Crippen molar-refractivity contribution in [2.45, 2.75) is 33.7 Å². The summed E-state index contributed by atoms with van der Waals surface area (Å²) in [6.45, 7) is 9.12. The van der Waals surface area contributed by atoms with E-state index < -0.39 is 0 Å². The van der Waals surface area contributed by atoms with Gasteiger partial charge in [0.15, 0.2) is 0 Å². The molecule has 2 N–H and O–H groups in total. The zero-order chi connectivity index (χ0) is 10.6. The number of aromatic nitrogens is 2. The summed E-state index contributed by atoms with van der Waals surface area (Å²) in [6.07, 6.45) is 4.07. The van der Waals surface area contributed by atoms with Crippen LogP contribution in [0.15, 0.2) is 17.8 Å². The van der Waals surface area contributed by atoms with Gasteiger partial charge in [0.1, 0.15) is 5.82 Å². The van der Waals surface area contributed by atoms with Gasteiger partial charge in [-0.2, -0.15) is 0 Å². The number of aromatic amines is 1. The minimum atomic E-state index is 0.290. The molecule has 0 saturated heterocycles. The maximum absolute atomic E-state index is 4.27. The first-order chi connectivity index (χ1) is 6.75. The Labute approximate surface area is 85.6 Å². The van der Waals surface area contributed by atoms with E-state index in [0.29, 0.717) is 6.04 Å². The normalized spacial score (nSPS) is 20.0. The summed E-state index contributed by atoms with van der Waals surface area (Å²) >= 11 is 0. The van der Waals surface area contributed by atoms with E-state index in [0.717, 1.165) is 18.1 Å². The van der Waals surface area contributed by atoms with Crippen LogP contribution in [0.3, 0.4) is 0 Å². The Morgan fingerprint density at radius 1 is 1.36 bits per heavy atom. The molecular weight excluding hydrogens is 174 g/mol. The van der Waals surface area contributed by atoms with Gasteiger partial charge in [-0.05, 0) is 13.8 Å². The fourth-order valence-corrected chi connectivity index (χ4v) is 1.44. The number of nitrogens with zero attached hydrogens (tertiary/aromatic N) is 1. The van der Waals surface area contributed by atoms with Crippen molar-refractivity contribution in [1.29, 1.82) is 0 Å². The smallest absolute Gasteiger partial charge is 0.127 e. The molecule has 1 unspecified atom stereocenters. The molecule has 0 amide bonds. The van der Waals surface area contributed by atoms with Gasteiger partial charge in [-0.15, -0.1) is 0 Å². The molecule has 3 nitrogen and oxygen atoms in total. The lowest BCUT2D eigenvalue weighted by molar-refractivity contribution is 0.672. The molecule has 1 aliphatic heterocycles. The lowest BCUT2D eigenvalue weighted by atomic mass is 10.2. The lowest BCUT2D eigenvalue weighted by Gasteiger charge is -2.03. The SMILES string of the molecule is CC.CC1=CC(c2ncc(C)[nH]2)NC1. The predicted molar refractivity (Wildman–Crippen MR) is 59.2 cm³/mol. The van der Waals surface area contributed by atoms with Gasteiger partial charge in [0.2, 0.25) is 0 Å². The summed E-state index contributed by atoms with van der Waals surface area (Å²) in [4.78, 5) is 7.49. The molecule has 78 valence electrons. The number of aryl methyl sites for hydroxylation is 1. The third-order valence-corrected chi connectivity index (χ3v) is 2.07. The highest BCUT2D eigenvalue weighted by Gasteiger charge is 2.16. The largest absolute Gasteiger partial charge is 0.345 e. The van der Waals surface area contributed by atoms with Gasteiger partial charge in [0, 0.05) is 18.4 Å². The van der Waals surface area contributed by atoms with E-state index in [1.807, 2.05) is 27.0 Å². The highest BCUT2D eigenvalue weighted by molar-refractivity contribution is 5.19. The maximum atomic E-state index is 4.27. The summed E-state index contributed by atoms with van der Waals surface area (Å²) in [7, 11) is 0. The average Bonchev–Trinajstić information content (AvgIpc) is 2.78. The quantitative estimate of drug-likeness (QED) is 0.672. The van der Waals surface area contributed by atoms with E-state index in [1.54, 1.807) is 0 Å². The molecule has 3 heteroatoms. The van der Waals surface area contributed by atoms with Crippen molar-refractivity contribution < 1.29 is 0 Å². The number of nitrogens with one attached hydrogen (secondary N) is 2. The lowest BCUT2D eigenvalue weighted by Crippen LogP contribution is -2.15. The van der Waals surface area contributed by atoms with Crippen LogP contribution in [0.5, 0.6) is 0 Å². The first kappa shape index (κ1) is 11.0. The molecule has 0 spiro atoms. The number of imidazole rings is 1. The average molecular weight is 193 g/mol. The Morgan fingerprint density at radius 2 is 2.07 bits per heavy atom. The molecule has 1 aromatic rings. The predicted octanol–water partition coefficient (Wildman–Crippen LogP) is 2.33. The third-order valence-electron chi connectivity index (χ3n) is 2.07. The zero-order valence-corrected chi connectivity index (χ0v) is 9.39. The molecule has 2 heterocycles. The van der Waals surface area contributed by atoms with Crippen LogP contribution in [0.25, 0.3) is 0 Å². The van der Waals surface area contributed by atoms with Crippen molar-refractivity contribution in [2.24, 2.45) is 0 Å². The minimum Gasteiger partial charge on any atom is -0.345 e. The van der Waals surface area contributed by atoms with Crippen molar-refractivity contribution in [3.63, 3.8) is 0 Å². The fraction of sp³-hybridized carbons (Fsp3) is 0.545. The van der Waals surface area contributed by atoms with Gasteiger partial charge in [0.25, 0.3) is 0 Å². The number of H-pyrrole nitrogens is 1. The van der Waals surface area contributed by atoms with Crippen LogP contribution in [0.2, 0.25) is 0 Å². The van der Waals surface area contributed by atoms with Crippen LogP contribution < -0.4 is 5.32 Å². The summed E-state index contributed by atoms with van der Waals surface area (Å²) in [5.74, 6) is 1.02. The van der Waals surface area contributed by atoms with Gasteiger partial charge >= 0.3 is 0 Å². The van der Waals surface area contributed by atoms with E-state index in [1.165, 1.54) is 5.57 Å². The first-order valence-corrected chi connectivity index (χ1v) is 5.18. The minimum absolute atomic E-state index is 0.290. The summed E-state index contributed by atoms with van der Waals surface area (Å²) in [5.41, 5.74) is 2.50. The maximum Gasteiger partial charge on any atom is 0.127 e. The van der Waals surface area contributed by atoms with Crippen molar-refractivity contribution in [1.82, 2.24) is 15.3 Å². The van der Waals surface area contributed by atoms with Crippen molar-refractivity contribution >= 4 is 0 Å². The topological polar surface area (TPSA) is 40.7 Å². The molecule has 1 aliphatic rings. The van der Waals surface area contributed by atoms with Crippen LogP contribution >= 0.6 is 0 Å². The Bertz CT molecular complexity index is 312. The van der Waals surface area contributed by atoms with Crippen LogP contribution in [0.4, 0.5) is 0 Å². The number of rotatable bonds is 1. The van der Waals surface area contributed by atoms with E-state index in [2.05, 4.69) is 28.3 Å². The molecule has 14 heavy (non-hydrogen) atoms. The molecule has 0 bridgehead atoms. The summed E-state index contributed by atoms with van der Waals surface area (Å²) in [5, 5.41) is 3.35. The zero-order valence-electron chi connectivity index (χ0n) is 9.39. The molecule has 0 radical (unpaired) electrons. The van der Waals surface area contributed by atoms with Crippen molar-refractivity contribution in [2.75, 3.05) is 6.54 Å².